The fourth-order valence-electron chi connectivity index (χ4n) is 3.57. The summed E-state index contributed by atoms with van der Waals surface area (Å²) in [7, 11) is -3.75. The summed E-state index contributed by atoms with van der Waals surface area (Å²) >= 11 is 0. The molecule has 3 nitrogen and oxygen atoms in total. The van der Waals surface area contributed by atoms with Crippen molar-refractivity contribution in [3.63, 3.8) is 0 Å². The molecule has 0 aliphatic heterocycles. The fourth-order valence-corrected chi connectivity index (χ4v) is 5.16. The Bertz CT molecular complexity index is 1030. The van der Waals surface area contributed by atoms with Crippen LogP contribution in [0.2, 0.25) is 0 Å². The summed E-state index contributed by atoms with van der Waals surface area (Å²) in [5.74, 6) is -0.419. The Morgan fingerprint density at radius 1 is 1.00 bits per heavy atom. The van der Waals surface area contributed by atoms with Crippen molar-refractivity contribution in [1.82, 2.24) is 3.97 Å². The smallest absolute Gasteiger partial charge is 0.238 e. The van der Waals surface area contributed by atoms with Gasteiger partial charge in [0.2, 0.25) is 0 Å². The van der Waals surface area contributed by atoms with Crippen molar-refractivity contribution in [2.24, 2.45) is 0 Å². The van der Waals surface area contributed by atoms with Crippen molar-refractivity contribution in [1.29, 1.82) is 0 Å². The molecule has 0 atom stereocenters. The zero-order valence-electron chi connectivity index (χ0n) is 13.4. The lowest BCUT2D eigenvalue weighted by molar-refractivity contribution is 0.582. The fraction of sp³-hybridized carbons (Fsp3) is 0.263. The third-order valence-electron chi connectivity index (χ3n) is 4.75. The molecule has 0 amide bonds. The molecule has 5 heteroatoms. The number of nitrogens with zero attached hydrogens (tertiary/aromatic N) is 1. The Hall–Kier alpha value is -2.14. The van der Waals surface area contributed by atoms with E-state index in [-0.39, 0.29) is 4.90 Å². The second kappa shape index (κ2) is 5.45. The van der Waals surface area contributed by atoms with Crippen LogP contribution < -0.4 is 0 Å². The average Bonchev–Trinajstić information content (AvgIpc) is 2.89. The molecule has 0 fully saturated rings. The molecule has 2 aromatic carbocycles. The van der Waals surface area contributed by atoms with Crippen LogP contribution in [-0.4, -0.2) is 12.4 Å². The maximum absolute atomic E-state index is 13.8. The molecule has 1 heterocycles. The maximum Gasteiger partial charge on any atom is 0.268 e. The number of hydrogen-bond donors (Lipinski definition) is 0. The number of aryl methyl sites for hydroxylation is 2. The van der Waals surface area contributed by atoms with Crippen molar-refractivity contribution < 1.29 is 12.8 Å². The van der Waals surface area contributed by atoms with Gasteiger partial charge in [-0.15, -0.1) is 0 Å². The molecule has 3 aromatic rings. The standard InChI is InChI=1S/C19H18FNO2S/c1-13-6-9-15(10-7-13)24(22,23)21-18-5-3-2-4-16(18)17-11-8-14(20)12-19(17)21/h6-12H,2-5H2,1H3. The van der Waals surface area contributed by atoms with Gasteiger partial charge < -0.3 is 0 Å². The van der Waals surface area contributed by atoms with E-state index in [0.29, 0.717) is 11.9 Å². The zero-order valence-corrected chi connectivity index (χ0v) is 14.2. The monoisotopic (exact) mass is 343 g/mol. The predicted molar refractivity (Wildman–Crippen MR) is 92.3 cm³/mol. The first kappa shape index (κ1) is 15.4. The van der Waals surface area contributed by atoms with Gasteiger partial charge in [0.25, 0.3) is 10.0 Å². The van der Waals surface area contributed by atoms with E-state index in [1.807, 2.05) is 6.92 Å². The van der Waals surface area contributed by atoms with E-state index in [1.54, 1.807) is 30.3 Å². The lowest BCUT2D eigenvalue weighted by Crippen LogP contribution is -2.17. The van der Waals surface area contributed by atoms with E-state index < -0.39 is 15.8 Å². The maximum atomic E-state index is 13.8. The Labute approximate surface area is 140 Å². The quantitative estimate of drug-likeness (QED) is 0.699. The van der Waals surface area contributed by atoms with Crippen LogP contribution in [-0.2, 0) is 22.9 Å². The molecule has 4 rings (SSSR count). The molecule has 1 aromatic heterocycles. The van der Waals surface area contributed by atoms with Gasteiger partial charge in [-0.25, -0.2) is 16.8 Å². The Morgan fingerprint density at radius 3 is 2.46 bits per heavy atom. The van der Waals surface area contributed by atoms with Gasteiger partial charge in [-0.3, -0.25) is 0 Å². The van der Waals surface area contributed by atoms with Gasteiger partial charge in [-0.05, 0) is 68.5 Å². The van der Waals surface area contributed by atoms with Gasteiger partial charge in [0.05, 0.1) is 10.4 Å². The lowest BCUT2D eigenvalue weighted by atomic mass is 9.96. The highest BCUT2D eigenvalue weighted by molar-refractivity contribution is 7.90. The molecule has 124 valence electrons. The second-order valence-corrected chi connectivity index (χ2v) is 8.16. The van der Waals surface area contributed by atoms with Gasteiger partial charge in [-0.1, -0.05) is 17.7 Å². The van der Waals surface area contributed by atoms with E-state index in [9.17, 15) is 12.8 Å². The van der Waals surface area contributed by atoms with E-state index >= 15 is 0 Å². The van der Waals surface area contributed by atoms with Gasteiger partial charge in [-0.2, -0.15) is 0 Å². The summed E-state index contributed by atoms with van der Waals surface area (Å²) < 4.78 is 41.7. The van der Waals surface area contributed by atoms with Crippen molar-refractivity contribution in [2.75, 3.05) is 0 Å². The minimum Gasteiger partial charge on any atom is -0.238 e. The molecular weight excluding hydrogens is 325 g/mol. The largest absolute Gasteiger partial charge is 0.268 e. The molecule has 0 N–H and O–H groups in total. The van der Waals surface area contributed by atoms with Gasteiger partial charge in [0, 0.05) is 11.1 Å². The molecule has 0 saturated heterocycles. The third kappa shape index (κ3) is 2.26. The topological polar surface area (TPSA) is 39.1 Å². The molecule has 0 radical (unpaired) electrons. The molecular formula is C19H18FNO2S. The van der Waals surface area contributed by atoms with E-state index in [4.69, 9.17) is 0 Å². The number of aromatic nitrogens is 1. The minimum absolute atomic E-state index is 0.239. The van der Waals surface area contributed by atoms with Crippen LogP contribution in [0.4, 0.5) is 4.39 Å². The van der Waals surface area contributed by atoms with E-state index in [1.165, 1.54) is 16.1 Å². The van der Waals surface area contributed by atoms with Crippen molar-refractivity contribution in [3.8, 4) is 0 Å². The van der Waals surface area contributed by atoms with Gasteiger partial charge in [0.1, 0.15) is 5.82 Å². The summed E-state index contributed by atoms with van der Waals surface area (Å²) in [6.07, 6.45) is 3.54. The average molecular weight is 343 g/mol. The molecule has 0 spiro atoms. The molecule has 24 heavy (non-hydrogen) atoms. The van der Waals surface area contributed by atoms with Crippen molar-refractivity contribution in [3.05, 3.63) is 65.1 Å². The van der Waals surface area contributed by atoms with Crippen LogP contribution in [0, 0.1) is 12.7 Å². The van der Waals surface area contributed by atoms with E-state index in [2.05, 4.69) is 0 Å². The minimum atomic E-state index is -3.75. The highest BCUT2D eigenvalue weighted by Crippen LogP contribution is 2.35. The number of benzene rings is 2. The van der Waals surface area contributed by atoms with Crippen LogP contribution in [0.25, 0.3) is 10.9 Å². The van der Waals surface area contributed by atoms with Crippen molar-refractivity contribution >= 4 is 20.9 Å². The number of halogens is 1. The number of rotatable bonds is 2. The summed E-state index contributed by atoms with van der Waals surface area (Å²) in [5, 5.41) is 0.849. The van der Waals surface area contributed by atoms with Crippen LogP contribution >= 0.6 is 0 Å². The predicted octanol–water partition coefficient (Wildman–Crippen LogP) is 4.20. The highest BCUT2D eigenvalue weighted by atomic mass is 32.2. The Balaban J connectivity index is 2.05. The van der Waals surface area contributed by atoms with Gasteiger partial charge >= 0.3 is 0 Å². The summed E-state index contributed by atoms with van der Waals surface area (Å²) in [6.45, 7) is 1.92. The SMILES string of the molecule is Cc1ccc(S(=O)(=O)n2c3c(c4ccc(F)cc42)CCCC3)cc1. The van der Waals surface area contributed by atoms with Gasteiger partial charge in [0.15, 0.2) is 0 Å². The van der Waals surface area contributed by atoms with Crippen LogP contribution in [0.3, 0.4) is 0 Å². The summed E-state index contributed by atoms with van der Waals surface area (Å²) in [5.41, 5.74) is 3.30. The molecule has 1 aliphatic rings. The third-order valence-corrected chi connectivity index (χ3v) is 6.51. The number of fused-ring (bicyclic) bond motifs is 3. The first-order valence-corrected chi connectivity index (χ1v) is 9.56. The Kier molecular flexibility index (Phi) is 3.49. The molecule has 0 saturated carbocycles. The van der Waals surface area contributed by atoms with Crippen LogP contribution in [0.1, 0.15) is 29.7 Å². The Morgan fingerprint density at radius 2 is 1.71 bits per heavy atom. The highest BCUT2D eigenvalue weighted by Gasteiger charge is 2.28. The molecule has 0 unspecified atom stereocenters. The summed E-state index contributed by atoms with van der Waals surface area (Å²) in [4.78, 5) is 0.239. The zero-order chi connectivity index (χ0) is 16.9. The van der Waals surface area contributed by atoms with E-state index in [0.717, 1.165) is 41.5 Å². The normalized spacial score (nSPS) is 14.8. The number of hydrogen-bond acceptors (Lipinski definition) is 2. The van der Waals surface area contributed by atoms with Crippen LogP contribution in [0.15, 0.2) is 47.4 Å². The first-order chi connectivity index (χ1) is 11.5. The molecule has 1 aliphatic carbocycles. The first-order valence-electron chi connectivity index (χ1n) is 8.12. The van der Waals surface area contributed by atoms with Crippen molar-refractivity contribution in [2.45, 2.75) is 37.5 Å². The van der Waals surface area contributed by atoms with Crippen LogP contribution in [0.5, 0.6) is 0 Å². The lowest BCUT2D eigenvalue weighted by Gasteiger charge is -2.16. The second-order valence-electron chi connectivity index (χ2n) is 6.38. The molecule has 0 bridgehead atoms. The summed E-state index contributed by atoms with van der Waals surface area (Å²) in [6, 6.07) is 11.2.